The molecule has 0 fully saturated rings. The van der Waals surface area contributed by atoms with Crippen LogP contribution in [0.25, 0.3) is 0 Å². The van der Waals surface area contributed by atoms with Crippen LogP contribution in [0, 0.1) is 0 Å². The number of nitrogens with one attached hydrogen (secondary N) is 1. The van der Waals surface area contributed by atoms with Crippen LogP contribution < -0.4 is 25.3 Å². The Bertz CT molecular complexity index is 756. The second-order valence-corrected chi connectivity index (χ2v) is 5.51. The molecule has 3 N–H and O–H groups in total. The number of halogens is 2. The molecule has 0 aliphatic rings. The van der Waals surface area contributed by atoms with Gasteiger partial charge in [-0.05, 0) is 36.8 Å². The second kappa shape index (κ2) is 11.0. The Balaban J connectivity index is 0.00000338. The Labute approximate surface area is 175 Å². The number of ether oxygens (including phenoxy) is 3. The van der Waals surface area contributed by atoms with E-state index >= 15 is 0 Å². The molecule has 0 unspecified atom stereocenters. The summed E-state index contributed by atoms with van der Waals surface area (Å²) in [5, 5.41) is 3.50. The maximum Gasteiger partial charge on any atom is 0.193 e. The van der Waals surface area contributed by atoms with Gasteiger partial charge in [-0.3, -0.25) is 0 Å². The number of anilines is 1. The second-order valence-electron chi connectivity index (χ2n) is 5.10. The van der Waals surface area contributed by atoms with Crippen molar-refractivity contribution >= 4 is 47.2 Å². The molecule has 0 atom stereocenters. The predicted octanol–water partition coefficient (Wildman–Crippen LogP) is 4.30. The van der Waals surface area contributed by atoms with Gasteiger partial charge in [-0.25, -0.2) is 4.99 Å². The maximum atomic E-state index is 6.26. The van der Waals surface area contributed by atoms with Crippen molar-refractivity contribution in [1.29, 1.82) is 0 Å². The molecule has 142 valence electrons. The summed E-state index contributed by atoms with van der Waals surface area (Å²) in [6.07, 6.45) is 0. The molecule has 0 spiro atoms. The fourth-order valence-corrected chi connectivity index (χ4v) is 2.50. The topological polar surface area (TPSA) is 78.1 Å². The molecule has 26 heavy (non-hydrogen) atoms. The number of benzene rings is 2. The van der Waals surface area contributed by atoms with Crippen molar-refractivity contribution in [2.24, 2.45) is 10.7 Å². The van der Waals surface area contributed by atoms with E-state index in [0.29, 0.717) is 29.7 Å². The molecule has 0 heterocycles. The van der Waals surface area contributed by atoms with Gasteiger partial charge in [0.25, 0.3) is 0 Å². The average molecular weight is 492 g/mol. The monoisotopic (exact) mass is 491 g/mol. The number of nitrogens with zero attached hydrogens (tertiary/aromatic N) is 1. The van der Waals surface area contributed by atoms with Crippen molar-refractivity contribution in [3.63, 3.8) is 0 Å². The first-order valence-electron chi connectivity index (χ1n) is 7.77. The van der Waals surface area contributed by atoms with Crippen molar-refractivity contribution in [3.05, 3.63) is 47.0 Å². The number of aliphatic imine (C=N–C) groups is 1. The summed E-state index contributed by atoms with van der Waals surface area (Å²) < 4.78 is 16.0. The number of hydrogen-bond acceptors (Lipinski definition) is 4. The molecule has 8 heteroatoms. The third kappa shape index (κ3) is 6.14. The Morgan fingerprint density at radius 1 is 1.19 bits per heavy atom. The number of rotatable bonds is 7. The lowest BCUT2D eigenvalue weighted by molar-refractivity contribution is 0.311. The lowest BCUT2D eigenvalue weighted by Crippen LogP contribution is -2.22. The Hall–Kier alpha value is -1.87. The largest absolute Gasteiger partial charge is 0.497 e. The molecule has 0 bridgehead atoms. The van der Waals surface area contributed by atoms with E-state index in [4.69, 9.17) is 31.5 Å². The smallest absolute Gasteiger partial charge is 0.193 e. The quantitative estimate of drug-likeness (QED) is 0.343. The Morgan fingerprint density at radius 2 is 1.96 bits per heavy atom. The van der Waals surface area contributed by atoms with Crippen molar-refractivity contribution in [1.82, 2.24) is 0 Å². The summed E-state index contributed by atoms with van der Waals surface area (Å²) in [5.74, 6) is 2.12. The molecule has 0 saturated carbocycles. The van der Waals surface area contributed by atoms with Crippen molar-refractivity contribution in [2.75, 3.05) is 26.1 Å². The summed E-state index contributed by atoms with van der Waals surface area (Å²) in [6, 6.07) is 11.1. The van der Waals surface area contributed by atoms with Crippen LogP contribution in [0.4, 0.5) is 5.69 Å². The highest BCUT2D eigenvalue weighted by molar-refractivity contribution is 14.0. The Morgan fingerprint density at radius 3 is 2.62 bits per heavy atom. The van der Waals surface area contributed by atoms with E-state index in [9.17, 15) is 0 Å². The van der Waals surface area contributed by atoms with E-state index in [1.807, 2.05) is 37.3 Å². The summed E-state index contributed by atoms with van der Waals surface area (Å²) in [6.45, 7) is 2.75. The third-order valence-electron chi connectivity index (χ3n) is 3.35. The van der Waals surface area contributed by atoms with Gasteiger partial charge in [0, 0.05) is 11.8 Å². The highest BCUT2D eigenvalue weighted by Crippen LogP contribution is 2.36. The maximum absolute atomic E-state index is 6.26. The average Bonchev–Trinajstić information content (AvgIpc) is 2.62. The number of methoxy groups -OCH3 is 2. The first kappa shape index (κ1) is 22.2. The van der Waals surface area contributed by atoms with Crippen LogP contribution >= 0.6 is 35.6 Å². The molecule has 0 radical (unpaired) electrons. The first-order valence-corrected chi connectivity index (χ1v) is 8.15. The normalized spacial score (nSPS) is 10.7. The van der Waals surface area contributed by atoms with Crippen molar-refractivity contribution in [3.8, 4) is 17.2 Å². The molecule has 0 aliphatic carbocycles. The number of guanidine groups is 1. The fourth-order valence-electron chi connectivity index (χ4n) is 2.21. The van der Waals surface area contributed by atoms with Crippen LogP contribution in [-0.2, 0) is 6.54 Å². The van der Waals surface area contributed by atoms with E-state index in [1.165, 1.54) is 0 Å². The van der Waals surface area contributed by atoms with Gasteiger partial charge in [0.05, 0.1) is 32.4 Å². The van der Waals surface area contributed by atoms with Gasteiger partial charge in [0.2, 0.25) is 0 Å². The van der Waals surface area contributed by atoms with E-state index < -0.39 is 0 Å². The SMILES string of the molecule is CCOc1c(Cl)cc(CN=C(N)Nc2cccc(OC)c2)cc1OC.I. The van der Waals surface area contributed by atoms with Gasteiger partial charge < -0.3 is 25.3 Å². The van der Waals surface area contributed by atoms with Gasteiger partial charge in [-0.1, -0.05) is 17.7 Å². The number of nitrogens with two attached hydrogens (primary N) is 1. The molecule has 0 aromatic heterocycles. The Kier molecular flexibility index (Phi) is 9.36. The van der Waals surface area contributed by atoms with E-state index in [1.54, 1.807) is 20.3 Å². The minimum absolute atomic E-state index is 0. The highest BCUT2D eigenvalue weighted by Gasteiger charge is 2.11. The minimum Gasteiger partial charge on any atom is -0.497 e. The minimum atomic E-state index is 0. The predicted molar refractivity (Wildman–Crippen MR) is 117 cm³/mol. The summed E-state index contributed by atoms with van der Waals surface area (Å²) in [4.78, 5) is 4.32. The molecule has 2 rings (SSSR count). The molecule has 0 aliphatic heterocycles. The van der Waals surface area contributed by atoms with E-state index in [0.717, 1.165) is 17.0 Å². The van der Waals surface area contributed by atoms with Crippen LogP contribution in [0.5, 0.6) is 17.2 Å². The fraction of sp³-hybridized carbons (Fsp3) is 0.278. The van der Waals surface area contributed by atoms with Crippen molar-refractivity contribution < 1.29 is 14.2 Å². The van der Waals surface area contributed by atoms with Crippen molar-refractivity contribution in [2.45, 2.75) is 13.5 Å². The molecular weight excluding hydrogens is 469 g/mol. The van der Waals surface area contributed by atoms with E-state index in [2.05, 4.69) is 10.3 Å². The molecule has 0 saturated heterocycles. The summed E-state index contributed by atoms with van der Waals surface area (Å²) in [5.41, 5.74) is 7.60. The third-order valence-corrected chi connectivity index (χ3v) is 3.63. The zero-order valence-electron chi connectivity index (χ0n) is 14.9. The molecular formula is C18H23ClIN3O3. The van der Waals surface area contributed by atoms with Crippen LogP contribution in [0.2, 0.25) is 5.02 Å². The highest BCUT2D eigenvalue weighted by atomic mass is 127. The van der Waals surface area contributed by atoms with Gasteiger partial charge in [0.1, 0.15) is 5.75 Å². The molecule has 2 aromatic rings. The van der Waals surface area contributed by atoms with Crippen LogP contribution in [0.15, 0.2) is 41.4 Å². The lowest BCUT2D eigenvalue weighted by Gasteiger charge is -2.12. The number of hydrogen-bond donors (Lipinski definition) is 2. The standard InChI is InChI=1S/C18H22ClN3O3.HI/c1-4-25-17-15(19)8-12(9-16(17)24-3)11-21-18(20)22-13-6-5-7-14(10-13)23-2;/h5-10H,4,11H2,1-3H3,(H3,20,21,22);1H. The summed E-state index contributed by atoms with van der Waals surface area (Å²) in [7, 11) is 3.18. The first-order chi connectivity index (χ1) is 12.1. The molecule has 2 aromatic carbocycles. The van der Waals surface area contributed by atoms with E-state index in [-0.39, 0.29) is 29.9 Å². The molecule has 6 nitrogen and oxygen atoms in total. The van der Waals surface area contributed by atoms with Gasteiger partial charge >= 0.3 is 0 Å². The van der Waals surface area contributed by atoms with Gasteiger partial charge in [-0.15, -0.1) is 24.0 Å². The summed E-state index contributed by atoms with van der Waals surface area (Å²) >= 11 is 6.26. The zero-order chi connectivity index (χ0) is 18.2. The lowest BCUT2D eigenvalue weighted by atomic mass is 10.2. The van der Waals surface area contributed by atoms with Gasteiger partial charge in [-0.2, -0.15) is 0 Å². The van der Waals surface area contributed by atoms with Crippen LogP contribution in [-0.4, -0.2) is 26.8 Å². The van der Waals surface area contributed by atoms with Crippen LogP contribution in [0.1, 0.15) is 12.5 Å². The zero-order valence-corrected chi connectivity index (χ0v) is 18.0. The van der Waals surface area contributed by atoms with Gasteiger partial charge in [0.15, 0.2) is 17.5 Å². The van der Waals surface area contributed by atoms with Crippen LogP contribution in [0.3, 0.4) is 0 Å². The molecule has 0 amide bonds.